The second kappa shape index (κ2) is 7.33. The maximum atomic E-state index is 14.1. The topological polar surface area (TPSA) is 70.3 Å². The summed E-state index contributed by atoms with van der Waals surface area (Å²) < 4.78 is 15.6. The van der Waals surface area contributed by atoms with Gasteiger partial charge in [-0.25, -0.2) is 4.39 Å². The maximum absolute atomic E-state index is 14.1. The number of nitrogens with zero attached hydrogens (tertiary/aromatic N) is 6. The molecule has 1 aliphatic heterocycles. The van der Waals surface area contributed by atoms with Gasteiger partial charge in [0.25, 0.3) is 0 Å². The average molecular weight is 334 g/mol. The van der Waals surface area contributed by atoms with Crippen LogP contribution in [0.4, 0.5) is 4.39 Å². The van der Waals surface area contributed by atoms with Crippen molar-refractivity contribution in [2.45, 2.75) is 26.5 Å². The van der Waals surface area contributed by atoms with Crippen LogP contribution in [0.3, 0.4) is 0 Å². The molecule has 0 saturated carbocycles. The van der Waals surface area contributed by atoms with Crippen molar-refractivity contribution in [3.05, 3.63) is 35.4 Å². The van der Waals surface area contributed by atoms with Crippen LogP contribution in [-0.2, 0) is 6.54 Å². The standard InChI is InChI=1S/C16H23FN6O/c1-12-3-4-14(17)15(9-12)23-16(18-19-20-23)11-22-7-5-21(6-8-22)10-13(2)24/h3-4,9,13,24H,5-8,10-11H2,1-2H3/t13-/m1/s1. The Kier molecular flexibility index (Phi) is 5.17. The molecule has 7 nitrogen and oxygen atoms in total. The van der Waals surface area contributed by atoms with Crippen molar-refractivity contribution in [1.29, 1.82) is 0 Å². The summed E-state index contributed by atoms with van der Waals surface area (Å²) in [7, 11) is 0. The van der Waals surface area contributed by atoms with Crippen molar-refractivity contribution in [1.82, 2.24) is 30.0 Å². The predicted octanol–water partition coefficient (Wildman–Crippen LogP) is 0.608. The Hall–Kier alpha value is -1.90. The van der Waals surface area contributed by atoms with Gasteiger partial charge in [-0.1, -0.05) is 6.07 Å². The fourth-order valence-electron chi connectivity index (χ4n) is 2.98. The van der Waals surface area contributed by atoms with Crippen LogP contribution in [0.1, 0.15) is 18.3 Å². The normalized spacial score (nSPS) is 18.0. The van der Waals surface area contributed by atoms with Gasteiger partial charge in [0.05, 0.1) is 12.6 Å². The summed E-state index contributed by atoms with van der Waals surface area (Å²) in [5, 5.41) is 21.2. The van der Waals surface area contributed by atoms with E-state index in [0.717, 1.165) is 31.7 Å². The van der Waals surface area contributed by atoms with Crippen LogP contribution in [0.15, 0.2) is 18.2 Å². The fourth-order valence-corrected chi connectivity index (χ4v) is 2.98. The minimum Gasteiger partial charge on any atom is -0.392 e. The van der Waals surface area contributed by atoms with Gasteiger partial charge in [0.1, 0.15) is 11.5 Å². The largest absolute Gasteiger partial charge is 0.392 e. The van der Waals surface area contributed by atoms with E-state index in [0.29, 0.717) is 24.6 Å². The molecule has 0 unspecified atom stereocenters. The summed E-state index contributed by atoms with van der Waals surface area (Å²) in [6.07, 6.45) is -0.312. The zero-order valence-corrected chi connectivity index (χ0v) is 14.1. The van der Waals surface area contributed by atoms with Crippen molar-refractivity contribution >= 4 is 0 Å². The first kappa shape index (κ1) is 16.9. The van der Waals surface area contributed by atoms with E-state index < -0.39 is 0 Å². The summed E-state index contributed by atoms with van der Waals surface area (Å²) in [5.74, 6) is 0.291. The molecular weight excluding hydrogens is 311 g/mol. The van der Waals surface area contributed by atoms with E-state index in [4.69, 9.17) is 0 Å². The molecule has 24 heavy (non-hydrogen) atoms. The van der Waals surface area contributed by atoms with Crippen LogP contribution < -0.4 is 0 Å². The van der Waals surface area contributed by atoms with Gasteiger partial charge in [0, 0.05) is 32.7 Å². The van der Waals surface area contributed by atoms with Crippen molar-refractivity contribution < 1.29 is 9.50 Å². The Morgan fingerprint density at radius 1 is 1.21 bits per heavy atom. The lowest BCUT2D eigenvalue weighted by Gasteiger charge is -2.34. The molecule has 1 saturated heterocycles. The van der Waals surface area contributed by atoms with Gasteiger partial charge in [0.15, 0.2) is 5.82 Å². The van der Waals surface area contributed by atoms with Crippen LogP contribution in [0, 0.1) is 12.7 Å². The third kappa shape index (κ3) is 3.95. The predicted molar refractivity (Wildman–Crippen MR) is 87.2 cm³/mol. The van der Waals surface area contributed by atoms with Crippen molar-refractivity contribution in [3.8, 4) is 5.69 Å². The van der Waals surface area contributed by atoms with E-state index in [2.05, 4.69) is 25.3 Å². The molecule has 2 heterocycles. The number of aryl methyl sites for hydroxylation is 1. The fraction of sp³-hybridized carbons (Fsp3) is 0.562. The smallest absolute Gasteiger partial charge is 0.170 e. The molecule has 2 aromatic rings. The van der Waals surface area contributed by atoms with Crippen molar-refractivity contribution in [2.24, 2.45) is 0 Å². The molecule has 0 bridgehead atoms. The molecule has 1 aliphatic rings. The Morgan fingerprint density at radius 3 is 2.62 bits per heavy atom. The number of piperazine rings is 1. The SMILES string of the molecule is Cc1ccc(F)c(-n2nnnc2CN2CCN(C[C@@H](C)O)CC2)c1. The number of rotatable bonds is 5. The number of hydrogen-bond acceptors (Lipinski definition) is 6. The van der Waals surface area contributed by atoms with Crippen LogP contribution in [0.5, 0.6) is 0 Å². The second-order valence-corrected chi connectivity index (χ2v) is 6.39. The summed E-state index contributed by atoms with van der Waals surface area (Å²) >= 11 is 0. The van der Waals surface area contributed by atoms with E-state index in [1.807, 2.05) is 6.92 Å². The van der Waals surface area contributed by atoms with Gasteiger partial charge in [-0.3, -0.25) is 9.80 Å². The Labute approximate surface area is 140 Å². The van der Waals surface area contributed by atoms with Gasteiger partial charge >= 0.3 is 0 Å². The molecule has 0 spiro atoms. The number of aliphatic hydroxyl groups excluding tert-OH is 1. The molecule has 0 radical (unpaired) electrons. The van der Waals surface area contributed by atoms with Crippen LogP contribution in [-0.4, -0.2) is 73.9 Å². The quantitative estimate of drug-likeness (QED) is 0.864. The molecule has 0 aliphatic carbocycles. The summed E-state index contributed by atoms with van der Waals surface area (Å²) in [6.45, 7) is 8.51. The molecule has 1 atom stereocenters. The Morgan fingerprint density at radius 2 is 1.92 bits per heavy atom. The first-order valence-corrected chi connectivity index (χ1v) is 8.19. The highest BCUT2D eigenvalue weighted by Crippen LogP contribution is 2.16. The van der Waals surface area contributed by atoms with Gasteiger partial charge < -0.3 is 5.11 Å². The van der Waals surface area contributed by atoms with Crippen LogP contribution in [0.25, 0.3) is 5.69 Å². The van der Waals surface area contributed by atoms with Gasteiger partial charge in [-0.2, -0.15) is 4.68 Å². The highest BCUT2D eigenvalue weighted by Gasteiger charge is 2.21. The number of β-amino-alcohol motifs (C(OH)–C–C–N with tert-alkyl or cyclic N) is 1. The van der Waals surface area contributed by atoms with E-state index in [9.17, 15) is 9.50 Å². The minimum absolute atomic E-state index is 0.312. The summed E-state index contributed by atoms with van der Waals surface area (Å²) in [4.78, 5) is 4.48. The minimum atomic E-state index is -0.337. The van der Waals surface area contributed by atoms with Crippen LogP contribution in [0.2, 0.25) is 0 Å². The lowest BCUT2D eigenvalue weighted by atomic mass is 10.2. The number of hydrogen-bond donors (Lipinski definition) is 1. The molecule has 1 fully saturated rings. The van der Waals surface area contributed by atoms with E-state index >= 15 is 0 Å². The number of aliphatic hydroxyl groups is 1. The average Bonchev–Trinajstić information content (AvgIpc) is 2.99. The summed E-state index contributed by atoms with van der Waals surface area (Å²) in [6, 6.07) is 4.91. The Balaban J connectivity index is 1.68. The Bertz CT molecular complexity index is 681. The molecule has 130 valence electrons. The number of aromatic nitrogens is 4. The second-order valence-electron chi connectivity index (χ2n) is 6.39. The van der Waals surface area contributed by atoms with E-state index in [1.54, 1.807) is 19.1 Å². The number of tetrazole rings is 1. The molecule has 1 aromatic carbocycles. The van der Waals surface area contributed by atoms with Gasteiger partial charge in [-0.05, 0) is 42.0 Å². The first-order valence-electron chi connectivity index (χ1n) is 8.19. The van der Waals surface area contributed by atoms with E-state index in [1.165, 1.54) is 10.7 Å². The third-order valence-electron chi connectivity index (χ3n) is 4.22. The molecular formula is C16H23FN6O. The lowest BCUT2D eigenvalue weighted by Crippen LogP contribution is -2.48. The molecule has 0 amide bonds. The molecule has 1 N–H and O–H groups in total. The number of halogens is 1. The van der Waals surface area contributed by atoms with Crippen LogP contribution >= 0.6 is 0 Å². The third-order valence-corrected chi connectivity index (χ3v) is 4.22. The maximum Gasteiger partial charge on any atom is 0.170 e. The zero-order valence-electron chi connectivity index (χ0n) is 14.1. The summed E-state index contributed by atoms with van der Waals surface area (Å²) in [5.41, 5.74) is 1.34. The van der Waals surface area contributed by atoms with Crippen molar-refractivity contribution in [2.75, 3.05) is 32.7 Å². The highest BCUT2D eigenvalue weighted by atomic mass is 19.1. The van der Waals surface area contributed by atoms with Crippen molar-refractivity contribution in [3.63, 3.8) is 0 Å². The zero-order chi connectivity index (χ0) is 17.1. The molecule has 8 heteroatoms. The lowest BCUT2D eigenvalue weighted by molar-refractivity contribution is 0.0768. The van der Waals surface area contributed by atoms with Gasteiger partial charge in [-0.15, -0.1) is 5.10 Å². The first-order chi connectivity index (χ1) is 11.5. The monoisotopic (exact) mass is 334 g/mol. The highest BCUT2D eigenvalue weighted by molar-refractivity contribution is 5.36. The molecule has 1 aromatic heterocycles. The van der Waals surface area contributed by atoms with Gasteiger partial charge in [0.2, 0.25) is 0 Å². The van der Waals surface area contributed by atoms with E-state index in [-0.39, 0.29) is 11.9 Å². The molecule has 3 rings (SSSR count). The number of benzene rings is 1.